The molecule has 5 nitrogen and oxygen atoms in total. The fourth-order valence-electron chi connectivity index (χ4n) is 6.93. The van der Waals surface area contributed by atoms with Crippen molar-refractivity contribution in [1.29, 1.82) is 5.26 Å². The molecular formula is C40H35BN2O3. The van der Waals surface area contributed by atoms with Crippen molar-refractivity contribution < 1.29 is 14.0 Å². The van der Waals surface area contributed by atoms with Gasteiger partial charge in [0, 0.05) is 33.0 Å². The van der Waals surface area contributed by atoms with Gasteiger partial charge in [0.1, 0.15) is 11.5 Å². The highest BCUT2D eigenvalue weighted by atomic mass is 16.7. The van der Waals surface area contributed by atoms with Crippen molar-refractivity contribution in [3.05, 3.63) is 120 Å². The lowest BCUT2D eigenvalue weighted by Gasteiger charge is -2.35. The Bertz CT molecular complexity index is 2230. The SMILES string of the molecule is CC1(C)c2cc(B3OC(C)(C)C(C)(C)O3)ccc2Oc2ccc(-c3ccc4c(c3)c3cc(C#N)ccc3n4-c3ccccc3)cc21. The Hall–Kier alpha value is -4.83. The third-order valence-electron chi connectivity index (χ3n) is 10.3. The monoisotopic (exact) mass is 602 g/mol. The molecule has 1 saturated heterocycles. The number of benzene rings is 5. The minimum Gasteiger partial charge on any atom is -0.457 e. The van der Waals surface area contributed by atoms with Gasteiger partial charge in [-0.15, -0.1) is 0 Å². The Morgan fingerprint density at radius 2 is 1.22 bits per heavy atom. The van der Waals surface area contributed by atoms with Crippen molar-refractivity contribution in [3.63, 3.8) is 0 Å². The molecule has 3 heterocycles. The van der Waals surface area contributed by atoms with Gasteiger partial charge in [-0.25, -0.2) is 0 Å². The lowest BCUT2D eigenvalue weighted by Crippen LogP contribution is -2.41. The Balaban J connectivity index is 1.22. The maximum atomic E-state index is 9.70. The van der Waals surface area contributed by atoms with Crippen LogP contribution in [-0.4, -0.2) is 22.9 Å². The second kappa shape index (κ2) is 9.84. The van der Waals surface area contributed by atoms with Gasteiger partial charge in [0.2, 0.25) is 0 Å². The van der Waals surface area contributed by atoms with Gasteiger partial charge >= 0.3 is 7.12 Å². The van der Waals surface area contributed by atoms with E-state index in [1.165, 1.54) is 0 Å². The van der Waals surface area contributed by atoms with E-state index in [1.54, 1.807) is 0 Å². The molecule has 0 spiro atoms. The molecule has 6 heteroatoms. The van der Waals surface area contributed by atoms with E-state index >= 15 is 0 Å². The van der Waals surface area contributed by atoms with Gasteiger partial charge in [-0.2, -0.15) is 5.26 Å². The number of hydrogen-bond acceptors (Lipinski definition) is 4. The first kappa shape index (κ1) is 28.6. The summed E-state index contributed by atoms with van der Waals surface area (Å²) in [6.07, 6.45) is 0. The molecule has 0 unspecified atom stereocenters. The van der Waals surface area contributed by atoms with E-state index < -0.39 is 18.3 Å². The molecule has 0 saturated carbocycles. The molecule has 0 radical (unpaired) electrons. The Morgan fingerprint density at radius 1 is 0.630 bits per heavy atom. The molecule has 1 aromatic heterocycles. The third-order valence-corrected chi connectivity index (χ3v) is 10.3. The predicted octanol–water partition coefficient (Wildman–Crippen LogP) is 9.05. The number of nitrogens with zero attached hydrogens (tertiary/aromatic N) is 2. The Kier molecular flexibility index (Phi) is 6.12. The number of aromatic nitrogens is 1. The van der Waals surface area contributed by atoms with Gasteiger partial charge in [-0.3, -0.25) is 0 Å². The summed E-state index contributed by atoms with van der Waals surface area (Å²) in [4.78, 5) is 0. The summed E-state index contributed by atoms with van der Waals surface area (Å²) >= 11 is 0. The zero-order chi connectivity index (χ0) is 32.0. The predicted molar refractivity (Wildman–Crippen MR) is 185 cm³/mol. The van der Waals surface area contributed by atoms with Crippen LogP contribution in [-0.2, 0) is 14.7 Å². The first-order valence-electron chi connectivity index (χ1n) is 15.8. The van der Waals surface area contributed by atoms with E-state index in [1.807, 2.05) is 24.3 Å². The van der Waals surface area contributed by atoms with E-state index in [0.717, 1.165) is 66.7 Å². The number of fused-ring (bicyclic) bond motifs is 5. The smallest absolute Gasteiger partial charge is 0.457 e. The van der Waals surface area contributed by atoms with Gasteiger partial charge in [0.05, 0.1) is 33.9 Å². The van der Waals surface area contributed by atoms with Crippen LogP contribution in [0.1, 0.15) is 58.2 Å². The van der Waals surface area contributed by atoms with Crippen LogP contribution in [0.5, 0.6) is 11.5 Å². The lowest BCUT2D eigenvalue weighted by molar-refractivity contribution is 0.00578. The molecule has 0 aliphatic carbocycles. The molecule has 226 valence electrons. The molecule has 6 aromatic rings. The van der Waals surface area contributed by atoms with E-state index in [0.29, 0.717) is 5.56 Å². The van der Waals surface area contributed by atoms with Gasteiger partial charge in [0.25, 0.3) is 0 Å². The summed E-state index contributed by atoms with van der Waals surface area (Å²) in [5.41, 5.74) is 8.21. The summed E-state index contributed by atoms with van der Waals surface area (Å²) in [5.74, 6) is 1.72. The van der Waals surface area contributed by atoms with Gasteiger partial charge in [-0.05, 0) is 105 Å². The van der Waals surface area contributed by atoms with Crippen LogP contribution in [0.4, 0.5) is 0 Å². The van der Waals surface area contributed by atoms with E-state index in [9.17, 15) is 5.26 Å². The third kappa shape index (κ3) is 4.23. The minimum absolute atomic E-state index is 0.326. The van der Waals surface area contributed by atoms with Crippen molar-refractivity contribution in [3.8, 4) is 34.4 Å². The zero-order valence-corrected chi connectivity index (χ0v) is 27.0. The van der Waals surface area contributed by atoms with Crippen LogP contribution in [0.2, 0.25) is 0 Å². The second-order valence-corrected chi connectivity index (χ2v) is 14.0. The highest BCUT2D eigenvalue weighted by molar-refractivity contribution is 6.62. The topological polar surface area (TPSA) is 56.4 Å². The second-order valence-electron chi connectivity index (χ2n) is 14.0. The average Bonchev–Trinajstić information content (AvgIpc) is 3.49. The molecule has 0 N–H and O–H groups in total. The van der Waals surface area contributed by atoms with Crippen LogP contribution >= 0.6 is 0 Å². The Morgan fingerprint density at radius 3 is 1.91 bits per heavy atom. The van der Waals surface area contributed by atoms with Crippen LogP contribution in [0, 0.1) is 11.3 Å². The molecule has 0 amide bonds. The number of hydrogen-bond donors (Lipinski definition) is 0. The summed E-state index contributed by atoms with van der Waals surface area (Å²) in [5, 5.41) is 11.9. The first-order chi connectivity index (χ1) is 22.0. The summed E-state index contributed by atoms with van der Waals surface area (Å²) < 4.78 is 21.5. The highest BCUT2D eigenvalue weighted by Crippen LogP contribution is 2.49. The molecule has 5 aromatic carbocycles. The average molecular weight is 603 g/mol. The molecule has 46 heavy (non-hydrogen) atoms. The number of rotatable bonds is 3. The molecule has 2 aliphatic heterocycles. The van der Waals surface area contributed by atoms with Crippen LogP contribution in [0.3, 0.4) is 0 Å². The largest absolute Gasteiger partial charge is 0.494 e. The minimum atomic E-state index is -0.440. The van der Waals surface area contributed by atoms with E-state index in [2.05, 4.69) is 131 Å². The number of ether oxygens (including phenoxy) is 1. The van der Waals surface area contributed by atoms with E-state index in [-0.39, 0.29) is 5.41 Å². The van der Waals surface area contributed by atoms with Crippen molar-refractivity contribution >= 4 is 34.4 Å². The molecule has 0 atom stereocenters. The molecular weight excluding hydrogens is 567 g/mol. The molecule has 0 bridgehead atoms. The van der Waals surface area contributed by atoms with Crippen molar-refractivity contribution in [2.45, 2.75) is 58.2 Å². The maximum Gasteiger partial charge on any atom is 0.494 e. The van der Waals surface area contributed by atoms with Crippen molar-refractivity contribution in [2.24, 2.45) is 0 Å². The van der Waals surface area contributed by atoms with Crippen molar-refractivity contribution in [2.75, 3.05) is 0 Å². The number of para-hydroxylation sites is 1. The summed E-state index contributed by atoms with van der Waals surface area (Å²) in [6, 6.07) is 38.0. The summed E-state index contributed by atoms with van der Waals surface area (Å²) in [7, 11) is -0.440. The zero-order valence-electron chi connectivity index (χ0n) is 27.0. The normalized spacial score (nSPS) is 17.4. The quantitative estimate of drug-likeness (QED) is 0.190. The van der Waals surface area contributed by atoms with Gasteiger partial charge in [-0.1, -0.05) is 56.3 Å². The fourth-order valence-corrected chi connectivity index (χ4v) is 6.93. The maximum absolute atomic E-state index is 9.70. The first-order valence-corrected chi connectivity index (χ1v) is 15.8. The summed E-state index contributed by atoms with van der Waals surface area (Å²) in [6.45, 7) is 12.8. The van der Waals surface area contributed by atoms with E-state index in [4.69, 9.17) is 14.0 Å². The fraction of sp³-hybridized carbons (Fsp3) is 0.225. The molecule has 1 fully saturated rings. The van der Waals surface area contributed by atoms with Crippen LogP contribution in [0.15, 0.2) is 103 Å². The molecule has 8 rings (SSSR count). The Labute approximate surface area is 270 Å². The highest BCUT2D eigenvalue weighted by Gasteiger charge is 2.52. The molecule has 2 aliphatic rings. The van der Waals surface area contributed by atoms with Crippen LogP contribution in [0.25, 0.3) is 38.6 Å². The van der Waals surface area contributed by atoms with Crippen molar-refractivity contribution in [1.82, 2.24) is 4.57 Å². The van der Waals surface area contributed by atoms with Gasteiger partial charge < -0.3 is 18.6 Å². The standard InChI is InChI=1S/C40H35BN2O3/c1-38(2)32-22-27(14-18-36(32)44-37-19-15-28(23-33(37)38)41-45-39(3,4)40(5,6)46-41)26-13-17-35-31(21-26)30-20-25(24-42)12-16-34(30)43(35)29-10-8-7-9-11-29/h7-23H,1-6H3. The number of nitriles is 1. The van der Waals surface area contributed by atoms with Crippen LogP contribution < -0.4 is 10.2 Å². The van der Waals surface area contributed by atoms with Gasteiger partial charge in [0.15, 0.2) is 0 Å². The lowest BCUT2D eigenvalue weighted by atomic mass is 9.71.